The van der Waals surface area contributed by atoms with Crippen molar-refractivity contribution in [2.45, 2.75) is 38.3 Å². The van der Waals surface area contributed by atoms with Crippen LogP contribution >= 0.6 is 11.3 Å². The number of imidazole rings is 1. The summed E-state index contributed by atoms with van der Waals surface area (Å²) < 4.78 is 2.00. The van der Waals surface area contributed by atoms with Gasteiger partial charge in [0.2, 0.25) is 0 Å². The van der Waals surface area contributed by atoms with Gasteiger partial charge < -0.3 is 15.1 Å². The van der Waals surface area contributed by atoms with Gasteiger partial charge in [-0.05, 0) is 38.8 Å². The van der Waals surface area contributed by atoms with E-state index in [1.165, 1.54) is 25.9 Å². The van der Waals surface area contributed by atoms with Gasteiger partial charge in [-0.1, -0.05) is 0 Å². The van der Waals surface area contributed by atoms with Crippen LogP contribution < -0.4 is 5.32 Å². The normalized spacial score (nSPS) is 22.3. The molecule has 0 aromatic carbocycles. The fraction of sp³-hybridized carbons (Fsp3) is 0.625. The fourth-order valence-corrected chi connectivity index (χ4v) is 4.40. The first kappa shape index (κ1) is 15.0. The van der Waals surface area contributed by atoms with E-state index in [1.807, 2.05) is 27.1 Å². The predicted octanol–water partition coefficient (Wildman–Crippen LogP) is 2.17. The number of aromatic nitrogens is 2. The molecule has 7 heteroatoms. The van der Waals surface area contributed by atoms with E-state index in [-0.39, 0.29) is 6.03 Å². The minimum atomic E-state index is 0.0584. The first-order chi connectivity index (χ1) is 11.3. The number of amides is 2. The summed E-state index contributed by atoms with van der Waals surface area (Å²) >= 11 is 1.61. The molecule has 0 bridgehead atoms. The Morgan fingerprint density at radius 3 is 3.00 bits per heavy atom. The van der Waals surface area contributed by atoms with E-state index in [0.29, 0.717) is 12.6 Å². The molecule has 0 unspecified atom stereocenters. The van der Waals surface area contributed by atoms with Crippen molar-refractivity contribution in [2.75, 3.05) is 26.2 Å². The number of hydrogen-bond donors (Lipinski definition) is 1. The highest BCUT2D eigenvalue weighted by molar-refractivity contribution is 7.15. The summed E-state index contributed by atoms with van der Waals surface area (Å²) in [5.74, 6) is 0. The highest BCUT2D eigenvalue weighted by Gasteiger charge is 2.30. The third kappa shape index (κ3) is 3.21. The van der Waals surface area contributed by atoms with Gasteiger partial charge in [0, 0.05) is 36.9 Å². The summed E-state index contributed by atoms with van der Waals surface area (Å²) in [6, 6.07) is 0.432. The Morgan fingerprint density at radius 2 is 2.17 bits per heavy atom. The maximum absolute atomic E-state index is 12.5. The molecule has 2 aromatic rings. The zero-order valence-electron chi connectivity index (χ0n) is 13.3. The zero-order chi connectivity index (χ0) is 15.6. The summed E-state index contributed by atoms with van der Waals surface area (Å²) in [4.78, 5) is 22.5. The van der Waals surface area contributed by atoms with Crippen LogP contribution in [0.3, 0.4) is 0 Å². The van der Waals surface area contributed by atoms with E-state index in [0.717, 1.165) is 36.6 Å². The molecule has 124 valence electrons. The Hall–Kier alpha value is -1.60. The van der Waals surface area contributed by atoms with Crippen LogP contribution in [-0.4, -0.2) is 57.4 Å². The molecule has 4 rings (SSSR count). The third-order valence-corrected chi connectivity index (χ3v) is 5.64. The Kier molecular flexibility index (Phi) is 4.22. The van der Waals surface area contributed by atoms with Crippen molar-refractivity contribution < 1.29 is 4.79 Å². The summed E-state index contributed by atoms with van der Waals surface area (Å²) in [5, 5.41) is 5.06. The monoisotopic (exact) mass is 333 g/mol. The second-order valence-electron chi connectivity index (χ2n) is 6.48. The van der Waals surface area contributed by atoms with E-state index in [9.17, 15) is 4.79 Å². The molecule has 2 saturated heterocycles. The largest absolute Gasteiger partial charge is 0.332 e. The maximum Gasteiger partial charge on any atom is 0.318 e. The van der Waals surface area contributed by atoms with Gasteiger partial charge in [-0.25, -0.2) is 9.78 Å². The molecule has 2 aliphatic heterocycles. The van der Waals surface area contributed by atoms with E-state index in [4.69, 9.17) is 0 Å². The lowest BCUT2D eigenvalue weighted by Gasteiger charge is -2.28. The van der Waals surface area contributed by atoms with Crippen molar-refractivity contribution in [3.05, 3.63) is 23.5 Å². The van der Waals surface area contributed by atoms with E-state index >= 15 is 0 Å². The molecular weight excluding hydrogens is 310 g/mol. The second kappa shape index (κ2) is 6.49. The number of hydrogen-bond acceptors (Lipinski definition) is 4. The third-order valence-electron chi connectivity index (χ3n) is 4.87. The van der Waals surface area contributed by atoms with Gasteiger partial charge in [-0.2, -0.15) is 0 Å². The van der Waals surface area contributed by atoms with E-state index in [2.05, 4.69) is 15.2 Å². The number of carbonyl (C=O) groups excluding carboxylic acids is 1. The fourth-order valence-electron chi connectivity index (χ4n) is 3.69. The Morgan fingerprint density at radius 1 is 1.30 bits per heavy atom. The molecule has 0 radical (unpaired) electrons. The highest BCUT2D eigenvalue weighted by atomic mass is 32.1. The van der Waals surface area contributed by atoms with Crippen LogP contribution in [0.5, 0.6) is 0 Å². The van der Waals surface area contributed by atoms with Gasteiger partial charge in [0.1, 0.15) is 0 Å². The SMILES string of the molecule is O=C(NCc1cn2ccsc2n1)N1CCC[C@H]1CN1CCCC1. The van der Waals surface area contributed by atoms with Crippen LogP contribution in [0.25, 0.3) is 4.96 Å². The molecule has 2 aromatic heterocycles. The average molecular weight is 333 g/mol. The lowest BCUT2D eigenvalue weighted by molar-refractivity contribution is 0.174. The van der Waals surface area contributed by atoms with Crippen molar-refractivity contribution in [2.24, 2.45) is 0 Å². The van der Waals surface area contributed by atoms with E-state index in [1.54, 1.807) is 11.3 Å². The molecule has 6 nitrogen and oxygen atoms in total. The number of rotatable bonds is 4. The lowest BCUT2D eigenvalue weighted by Crippen LogP contribution is -2.46. The molecule has 4 heterocycles. The lowest BCUT2D eigenvalue weighted by atomic mass is 10.2. The van der Waals surface area contributed by atoms with Gasteiger partial charge in [0.25, 0.3) is 0 Å². The van der Waals surface area contributed by atoms with Crippen molar-refractivity contribution in [3.63, 3.8) is 0 Å². The predicted molar refractivity (Wildman–Crippen MR) is 90.7 cm³/mol. The van der Waals surface area contributed by atoms with Crippen molar-refractivity contribution >= 4 is 22.3 Å². The molecule has 23 heavy (non-hydrogen) atoms. The quantitative estimate of drug-likeness (QED) is 0.933. The van der Waals surface area contributed by atoms with Crippen LogP contribution in [0.4, 0.5) is 4.79 Å². The number of thiazole rings is 1. The van der Waals surface area contributed by atoms with Crippen LogP contribution in [-0.2, 0) is 6.54 Å². The van der Waals surface area contributed by atoms with Crippen molar-refractivity contribution in [1.82, 2.24) is 24.5 Å². The smallest absolute Gasteiger partial charge is 0.318 e. The first-order valence-electron chi connectivity index (χ1n) is 8.47. The van der Waals surface area contributed by atoms with Gasteiger partial charge in [0.05, 0.1) is 12.2 Å². The number of likely N-dealkylation sites (tertiary alicyclic amines) is 2. The minimum Gasteiger partial charge on any atom is -0.332 e. The molecule has 0 spiro atoms. The van der Waals surface area contributed by atoms with Crippen LogP contribution in [0, 0.1) is 0 Å². The van der Waals surface area contributed by atoms with Crippen molar-refractivity contribution in [3.8, 4) is 0 Å². The molecule has 1 atom stereocenters. The summed E-state index contributed by atoms with van der Waals surface area (Å²) in [6.45, 7) is 4.80. The summed E-state index contributed by atoms with van der Waals surface area (Å²) in [5.41, 5.74) is 0.917. The van der Waals surface area contributed by atoms with Gasteiger partial charge >= 0.3 is 6.03 Å². The molecular formula is C16H23N5OS. The van der Waals surface area contributed by atoms with Crippen LogP contribution in [0.2, 0.25) is 0 Å². The van der Waals surface area contributed by atoms with Crippen LogP contribution in [0.1, 0.15) is 31.4 Å². The van der Waals surface area contributed by atoms with Gasteiger partial charge in [-0.3, -0.25) is 4.40 Å². The number of nitrogens with one attached hydrogen (secondary N) is 1. The first-order valence-corrected chi connectivity index (χ1v) is 9.35. The maximum atomic E-state index is 12.5. The number of carbonyl (C=O) groups is 1. The van der Waals surface area contributed by atoms with Crippen molar-refractivity contribution in [1.29, 1.82) is 0 Å². The number of nitrogens with zero attached hydrogens (tertiary/aromatic N) is 4. The Bertz CT molecular complexity index is 646. The van der Waals surface area contributed by atoms with Gasteiger partial charge in [-0.15, -0.1) is 11.3 Å². The Labute approximate surface area is 140 Å². The minimum absolute atomic E-state index is 0.0584. The average Bonchev–Trinajstić information content (AvgIpc) is 3.29. The second-order valence-corrected chi connectivity index (χ2v) is 7.35. The molecule has 1 N–H and O–H groups in total. The Balaban J connectivity index is 1.32. The van der Waals surface area contributed by atoms with E-state index < -0.39 is 0 Å². The molecule has 0 aliphatic carbocycles. The van der Waals surface area contributed by atoms with Gasteiger partial charge in [0.15, 0.2) is 4.96 Å². The number of urea groups is 1. The highest BCUT2D eigenvalue weighted by Crippen LogP contribution is 2.20. The molecule has 2 fully saturated rings. The number of fused-ring (bicyclic) bond motifs is 1. The molecule has 0 saturated carbocycles. The van der Waals surface area contributed by atoms with Crippen LogP contribution in [0.15, 0.2) is 17.8 Å². The zero-order valence-corrected chi connectivity index (χ0v) is 14.1. The molecule has 2 amide bonds. The summed E-state index contributed by atoms with van der Waals surface area (Å²) in [6.07, 6.45) is 8.83. The summed E-state index contributed by atoms with van der Waals surface area (Å²) in [7, 11) is 0. The molecule has 2 aliphatic rings. The standard InChI is InChI=1S/C16H23N5OS/c22-15(17-10-13-11-20-8-9-23-16(20)18-13)21-7-3-4-14(21)12-19-5-1-2-6-19/h8-9,11,14H,1-7,10,12H2,(H,17,22)/t14-/m0/s1. The topological polar surface area (TPSA) is 52.9 Å².